The van der Waals surface area contributed by atoms with Crippen molar-refractivity contribution in [3.05, 3.63) is 5.32 Å². The fraction of sp³-hybridized carbons (Fsp3) is 1.00. The van der Waals surface area contributed by atoms with Gasteiger partial charge in [-0.2, -0.15) is 0 Å². The Balaban J connectivity index is 0.00000144. The van der Waals surface area contributed by atoms with E-state index in [1.54, 1.807) is 0 Å². The number of hydrogen-bond donors (Lipinski definition) is 0. The molecule has 3 heteroatoms. The van der Waals surface area contributed by atoms with Gasteiger partial charge in [0.15, 0.2) is 0 Å². The maximum absolute atomic E-state index is 4.60. The molecule has 0 aliphatic heterocycles. The summed E-state index contributed by atoms with van der Waals surface area (Å²) in [6, 6.07) is 0.488. The molecule has 0 unspecified atom stereocenters. The van der Waals surface area contributed by atoms with Crippen LogP contribution in [0.15, 0.2) is 0 Å². The maximum Gasteiger partial charge on any atom is 1.00 e. The molecule has 1 saturated carbocycles. The van der Waals surface area contributed by atoms with E-state index in [2.05, 4.69) is 38.2 Å². The van der Waals surface area contributed by atoms with Crippen molar-refractivity contribution in [3.8, 4) is 0 Å². The van der Waals surface area contributed by atoms with E-state index < -0.39 is 0 Å². The van der Waals surface area contributed by atoms with Crippen LogP contribution >= 0.6 is 0 Å². The molecular formula is C10H21N2Rb. The molecule has 0 amide bonds. The zero-order chi connectivity index (χ0) is 9.19. The fourth-order valence-corrected chi connectivity index (χ4v) is 1.68. The van der Waals surface area contributed by atoms with Crippen LogP contribution < -0.4 is 58.2 Å². The molecule has 0 N–H and O–H groups in total. The normalized spacial score (nSPS) is 19.8. The van der Waals surface area contributed by atoms with Crippen LogP contribution in [-0.4, -0.2) is 37.1 Å². The Morgan fingerprint density at radius 2 is 1.85 bits per heavy atom. The summed E-state index contributed by atoms with van der Waals surface area (Å²) in [6.07, 6.45) is 4.04. The summed E-state index contributed by atoms with van der Waals surface area (Å²) >= 11 is 0. The molecular weight excluding hydrogens is 234 g/mol. The summed E-state index contributed by atoms with van der Waals surface area (Å²) in [7, 11) is 4.35. The minimum absolute atomic E-state index is 0. The molecule has 0 heterocycles. The largest absolute Gasteiger partial charge is 1.00 e. The average Bonchev–Trinajstić information content (AvgIpc) is 1.83. The van der Waals surface area contributed by atoms with E-state index >= 15 is 0 Å². The van der Waals surface area contributed by atoms with Gasteiger partial charge in [0.2, 0.25) is 0 Å². The van der Waals surface area contributed by atoms with E-state index in [9.17, 15) is 0 Å². The first kappa shape index (κ1) is 14.7. The minimum Gasteiger partial charge on any atom is -0.658 e. The van der Waals surface area contributed by atoms with Gasteiger partial charge in [-0.3, -0.25) is 0 Å². The van der Waals surface area contributed by atoms with Gasteiger partial charge < -0.3 is 10.2 Å². The summed E-state index contributed by atoms with van der Waals surface area (Å²) in [5.41, 5.74) is 0.421. The van der Waals surface area contributed by atoms with Gasteiger partial charge in [-0.1, -0.05) is 13.8 Å². The summed E-state index contributed by atoms with van der Waals surface area (Å²) in [5.74, 6) is 0. The molecule has 0 bridgehead atoms. The van der Waals surface area contributed by atoms with Gasteiger partial charge in [0.25, 0.3) is 0 Å². The van der Waals surface area contributed by atoms with Crippen LogP contribution in [0.1, 0.15) is 33.1 Å². The van der Waals surface area contributed by atoms with Crippen molar-refractivity contribution in [1.82, 2.24) is 4.90 Å². The van der Waals surface area contributed by atoms with E-state index in [4.69, 9.17) is 0 Å². The van der Waals surface area contributed by atoms with Gasteiger partial charge in [-0.25, -0.2) is 0 Å². The van der Waals surface area contributed by atoms with E-state index in [1.165, 1.54) is 19.3 Å². The molecule has 0 saturated heterocycles. The molecule has 0 radical (unpaired) electrons. The number of likely N-dealkylation sites (N-methyl/N-ethyl adjacent to an activating group) is 1. The first-order valence-electron chi connectivity index (χ1n) is 4.91. The number of nitrogens with zero attached hydrogens (tertiary/aromatic N) is 2. The second-order valence-corrected chi connectivity index (χ2v) is 4.41. The first-order valence-corrected chi connectivity index (χ1v) is 4.91. The molecule has 1 aliphatic carbocycles. The standard InChI is InChI=1S/C10H21N2.Rb/c1-9(2)11-8-10(12(3)4)6-5-7-10;/h9H,5-8H2,1-4H3;/q-1;+1. The van der Waals surface area contributed by atoms with E-state index in [0.29, 0.717) is 11.6 Å². The van der Waals surface area contributed by atoms with Crippen LogP contribution in [0.25, 0.3) is 5.32 Å². The molecule has 0 aromatic heterocycles. The number of rotatable bonds is 4. The monoisotopic (exact) mass is 254 g/mol. The third kappa shape index (κ3) is 4.00. The Hall–Kier alpha value is 1.73. The van der Waals surface area contributed by atoms with Gasteiger partial charge in [-0.05, 0) is 33.4 Å². The van der Waals surface area contributed by atoms with Crippen LogP contribution in [0.4, 0.5) is 0 Å². The summed E-state index contributed by atoms with van der Waals surface area (Å²) in [5, 5.41) is 4.60. The van der Waals surface area contributed by atoms with Crippen molar-refractivity contribution in [1.29, 1.82) is 0 Å². The Morgan fingerprint density at radius 1 is 1.31 bits per heavy atom. The summed E-state index contributed by atoms with van der Waals surface area (Å²) in [4.78, 5) is 2.35. The Kier molecular flexibility index (Phi) is 7.18. The predicted molar refractivity (Wildman–Crippen MR) is 53.6 cm³/mol. The van der Waals surface area contributed by atoms with Gasteiger partial charge in [0.05, 0.1) is 0 Å². The zero-order valence-corrected chi connectivity index (χ0v) is 14.7. The molecule has 1 fully saturated rings. The van der Waals surface area contributed by atoms with Crippen molar-refractivity contribution in [3.63, 3.8) is 0 Å². The molecule has 1 rings (SSSR count). The molecule has 2 nitrogen and oxygen atoms in total. The summed E-state index contributed by atoms with van der Waals surface area (Å²) < 4.78 is 0. The topological polar surface area (TPSA) is 17.3 Å². The van der Waals surface area contributed by atoms with Crippen LogP contribution in [0.3, 0.4) is 0 Å². The van der Waals surface area contributed by atoms with Gasteiger partial charge >= 0.3 is 58.2 Å². The van der Waals surface area contributed by atoms with Gasteiger partial charge in [0.1, 0.15) is 0 Å². The molecule has 0 aromatic rings. The smallest absolute Gasteiger partial charge is 0.658 e. The second kappa shape index (κ2) is 6.34. The maximum atomic E-state index is 4.60. The zero-order valence-electron chi connectivity index (χ0n) is 9.80. The van der Waals surface area contributed by atoms with E-state index in [-0.39, 0.29) is 58.2 Å². The molecule has 0 aromatic carbocycles. The molecule has 72 valence electrons. The van der Waals surface area contributed by atoms with Crippen LogP contribution in [0.5, 0.6) is 0 Å². The Morgan fingerprint density at radius 3 is 2.08 bits per heavy atom. The third-order valence-electron chi connectivity index (χ3n) is 2.98. The van der Waals surface area contributed by atoms with Gasteiger partial charge in [0, 0.05) is 5.54 Å². The SMILES string of the molecule is CC(C)[N-]CC1(N(C)C)CCC1.[Rb+]. The van der Waals surface area contributed by atoms with Crippen molar-refractivity contribution in [2.24, 2.45) is 0 Å². The second-order valence-electron chi connectivity index (χ2n) is 4.41. The van der Waals surface area contributed by atoms with Crippen molar-refractivity contribution in [2.75, 3.05) is 20.6 Å². The van der Waals surface area contributed by atoms with E-state index in [0.717, 1.165) is 6.54 Å². The Bertz CT molecular complexity index is 142. The Labute approximate surface area is 132 Å². The summed E-state index contributed by atoms with van der Waals surface area (Å²) in [6.45, 7) is 5.34. The quantitative estimate of drug-likeness (QED) is 0.646. The fourth-order valence-electron chi connectivity index (χ4n) is 1.68. The predicted octanol–water partition coefficient (Wildman–Crippen LogP) is -0.743. The van der Waals surface area contributed by atoms with Crippen molar-refractivity contribution in [2.45, 2.75) is 44.7 Å². The van der Waals surface area contributed by atoms with E-state index in [1.807, 2.05) is 0 Å². The van der Waals surface area contributed by atoms with Crippen molar-refractivity contribution < 1.29 is 58.2 Å². The molecule has 0 spiro atoms. The average molecular weight is 255 g/mol. The molecule has 0 atom stereocenters. The first-order chi connectivity index (χ1) is 5.57. The van der Waals surface area contributed by atoms with Crippen molar-refractivity contribution >= 4 is 0 Å². The minimum atomic E-state index is 0. The number of hydrogen-bond acceptors (Lipinski definition) is 1. The van der Waals surface area contributed by atoms with Crippen LogP contribution in [0.2, 0.25) is 0 Å². The molecule has 13 heavy (non-hydrogen) atoms. The molecule has 1 aliphatic rings. The van der Waals surface area contributed by atoms with Crippen LogP contribution in [0, 0.1) is 0 Å². The van der Waals surface area contributed by atoms with Crippen LogP contribution in [-0.2, 0) is 0 Å². The third-order valence-corrected chi connectivity index (χ3v) is 2.98. The van der Waals surface area contributed by atoms with Gasteiger partial charge in [-0.15, -0.1) is 12.6 Å².